The van der Waals surface area contributed by atoms with Gasteiger partial charge in [0, 0.05) is 38.0 Å². The van der Waals surface area contributed by atoms with Crippen molar-refractivity contribution in [2.24, 2.45) is 0 Å². The summed E-state index contributed by atoms with van der Waals surface area (Å²) < 4.78 is 8.74. The van der Waals surface area contributed by atoms with Gasteiger partial charge in [0.05, 0.1) is 10.9 Å². The fourth-order valence-corrected chi connectivity index (χ4v) is 4.44. The molecular formula is C23H24N4O3S. The van der Waals surface area contributed by atoms with Gasteiger partial charge in [0.1, 0.15) is 0 Å². The van der Waals surface area contributed by atoms with Crippen molar-refractivity contribution in [2.45, 2.75) is 31.0 Å². The number of carbonyl (C=O) groups is 1. The molecule has 0 N–H and O–H groups in total. The highest BCUT2D eigenvalue weighted by molar-refractivity contribution is 7.99. The molecule has 0 atom stereocenters. The number of fused-ring (bicyclic) bond motifs is 3. The molecule has 0 aliphatic heterocycles. The van der Waals surface area contributed by atoms with Gasteiger partial charge in [0.25, 0.3) is 5.56 Å². The number of ether oxygens (including phenoxy) is 1. The van der Waals surface area contributed by atoms with E-state index in [1.54, 1.807) is 23.4 Å². The highest BCUT2D eigenvalue weighted by atomic mass is 32.2. The van der Waals surface area contributed by atoms with Crippen LogP contribution in [0.3, 0.4) is 0 Å². The van der Waals surface area contributed by atoms with Crippen molar-refractivity contribution in [3.63, 3.8) is 0 Å². The molecule has 2 aromatic heterocycles. The van der Waals surface area contributed by atoms with Gasteiger partial charge in [-0.25, -0.2) is 0 Å². The van der Waals surface area contributed by atoms with E-state index < -0.39 is 0 Å². The van der Waals surface area contributed by atoms with Crippen LogP contribution in [0.15, 0.2) is 64.5 Å². The molecule has 2 heterocycles. The second-order valence-electron chi connectivity index (χ2n) is 7.18. The molecule has 0 fully saturated rings. The van der Waals surface area contributed by atoms with Crippen LogP contribution < -0.4 is 5.56 Å². The number of Topliss-reactive ketones (excluding diaryl/α,β-unsaturated/α-hetero) is 1. The zero-order valence-corrected chi connectivity index (χ0v) is 18.2. The Bertz CT molecular complexity index is 1250. The molecule has 0 spiro atoms. The van der Waals surface area contributed by atoms with Crippen LogP contribution in [-0.2, 0) is 11.3 Å². The number of methoxy groups -OCH3 is 1. The third-order valence-electron chi connectivity index (χ3n) is 5.08. The number of nitrogens with zero attached hydrogens (tertiary/aromatic N) is 4. The number of hydrogen-bond acceptors (Lipinski definition) is 6. The third kappa shape index (κ3) is 4.55. The minimum atomic E-state index is -0.0726. The lowest BCUT2D eigenvalue weighted by Gasteiger charge is -2.11. The predicted molar refractivity (Wildman–Crippen MR) is 122 cm³/mol. The van der Waals surface area contributed by atoms with Gasteiger partial charge < -0.3 is 4.74 Å². The number of rotatable bonds is 10. The molecule has 7 nitrogen and oxygen atoms in total. The summed E-state index contributed by atoms with van der Waals surface area (Å²) in [7, 11) is 1.65. The van der Waals surface area contributed by atoms with E-state index in [0.717, 1.165) is 28.4 Å². The first-order valence-corrected chi connectivity index (χ1v) is 11.3. The Balaban J connectivity index is 1.56. The molecule has 0 aliphatic rings. The second kappa shape index (κ2) is 9.89. The van der Waals surface area contributed by atoms with Crippen molar-refractivity contribution in [1.82, 2.24) is 19.2 Å². The molecule has 2 aromatic carbocycles. The summed E-state index contributed by atoms with van der Waals surface area (Å²) in [6, 6.07) is 16.9. The lowest BCUT2D eigenvalue weighted by molar-refractivity contribution is 0.0982. The van der Waals surface area contributed by atoms with Crippen LogP contribution in [0.4, 0.5) is 0 Å². The van der Waals surface area contributed by atoms with Crippen LogP contribution in [-0.4, -0.2) is 44.4 Å². The number of carbonyl (C=O) groups excluding carboxylic acids is 1. The summed E-state index contributed by atoms with van der Waals surface area (Å²) in [5.41, 5.74) is 1.46. The second-order valence-corrected chi connectivity index (χ2v) is 8.24. The average molecular weight is 437 g/mol. The number of para-hydroxylation sites is 1. The van der Waals surface area contributed by atoms with E-state index in [2.05, 4.69) is 10.2 Å². The van der Waals surface area contributed by atoms with E-state index in [0.29, 0.717) is 37.2 Å². The van der Waals surface area contributed by atoms with Gasteiger partial charge in [-0.05, 0) is 25.0 Å². The minimum Gasteiger partial charge on any atom is -0.385 e. The van der Waals surface area contributed by atoms with Crippen LogP contribution in [0.5, 0.6) is 0 Å². The van der Waals surface area contributed by atoms with Crippen molar-refractivity contribution in [2.75, 3.05) is 19.5 Å². The summed E-state index contributed by atoms with van der Waals surface area (Å²) in [5.74, 6) is 1.41. The van der Waals surface area contributed by atoms with E-state index >= 15 is 0 Å². The fraction of sp³-hybridized carbons (Fsp3) is 0.304. The first kappa shape index (κ1) is 21.3. The summed E-state index contributed by atoms with van der Waals surface area (Å²) in [6.07, 6.45) is 1.93. The van der Waals surface area contributed by atoms with Crippen molar-refractivity contribution in [1.29, 1.82) is 0 Å². The Morgan fingerprint density at radius 2 is 1.81 bits per heavy atom. The van der Waals surface area contributed by atoms with Gasteiger partial charge in [0.2, 0.25) is 5.78 Å². The largest absolute Gasteiger partial charge is 0.385 e. The van der Waals surface area contributed by atoms with Crippen LogP contribution in [0.2, 0.25) is 0 Å². The minimum absolute atomic E-state index is 0.0726. The molecule has 0 amide bonds. The smallest absolute Gasteiger partial charge is 0.262 e. The van der Waals surface area contributed by atoms with Gasteiger partial charge in [-0.15, -0.1) is 10.2 Å². The average Bonchev–Trinajstić information content (AvgIpc) is 3.23. The first-order valence-electron chi connectivity index (χ1n) is 10.3. The summed E-state index contributed by atoms with van der Waals surface area (Å²) in [5, 5.41) is 10.0. The van der Waals surface area contributed by atoms with Crippen molar-refractivity contribution >= 4 is 34.2 Å². The van der Waals surface area contributed by atoms with E-state index in [9.17, 15) is 9.59 Å². The lowest BCUT2D eigenvalue weighted by Crippen LogP contribution is -2.24. The topological polar surface area (TPSA) is 78.5 Å². The van der Waals surface area contributed by atoms with Crippen LogP contribution in [0.1, 0.15) is 29.6 Å². The maximum atomic E-state index is 13.0. The Kier molecular flexibility index (Phi) is 6.79. The molecule has 8 heteroatoms. The summed E-state index contributed by atoms with van der Waals surface area (Å²) in [4.78, 5) is 25.3. The van der Waals surface area contributed by atoms with E-state index in [-0.39, 0.29) is 11.3 Å². The van der Waals surface area contributed by atoms with Gasteiger partial charge in [-0.1, -0.05) is 54.2 Å². The van der Waals surface area contributed by atoms with Crippen LogP contribution >= 0.6 is 11.8 Å². The number of aryl methyl sites for hydroxylation is 1. The molecule has 0 saturated carbocycles. The van der Waals surface area contributed by atoms with Gasteiger partial charge >= 0.3 is 0 Å². The SMILES string of the molecule is COCCCn1c(=O)c2ccccc2n2c(SCCCC(=O)c3ccccc3)nnc12. The number of hydrogen-bond donors (Lipinski definition) is 0. The number of aromatic nitrogens is 4. The fourth-order valence-electron chi connectivity index (χ4n) is 3.56. The van der Waals surface area contributed by atoms with E-state index in [1.165, 1.54) is 0 Å². The Morgan fingerprint density at radius 3 is 2.61 bits per heavy atom. The van der Waals surface area contributed by atoms with Crippen molar-refractivity contribution < 1.29 is 9.53 Å². The van der Waals surface area contributed by atoms with Crippen molar-refractivity contribution in [3.8, 4) is 0 Å². The molecule has 4 rings (SSSR count). The normalized spacial score (nSPS) is 11.4. The molecule has 0 radical (unpaired) electrons. The molecule has 0 aliphatic carbocycles. The van der Waals surface area contributed by atoms with E-state index in [1.807, 2.05) is 59.0 Å². The summed E-state index contributed by atoms with van der Waals surface area (Å²) >= 11 is 1.55. The molecule has 0 bridgehead atoms. The van der Waals surface area contributed by atoms with E-state index in [4.69, 9.17) is 4.74 Å². The maximum Gasteiger partial charge on any atom is 0.262 e. The standard InChI is InChI=1S/C23H24N4O3S/c1-30-15-8-14-26-21(29)18-11-5-6-12-19(18)27-22(26)24-25-23(27)31-16-7-13-20(28)17-9-3-2-4-10-17/h2-6,9-12H,7-8,13-16H2,1H3. The number of ketones is 1. The first-order chi connectivity index (χ1) is 15.2. The number of thioether (sulfide) groups is 1. The molecular weight excluding hydrogens is 412 g/mol. The molecule has 0 unspecified atom stereocenters. The zero-order valence-electron chi connectivity index (χ0n) is 17.4. The highest BCUT2D eigenvalue weighted by Gasteiger charge is 2.16. The van der Waals surface area contributed by atoms with Crippen LogP contribution in [0.25, 0.3) is 16.7 Å². The maximum absolute atomic E-state index is 13.0. The molecule has 31 heavy (non-hydrogen) atoms. The van der Waals surface area contributed by atoms with Gasteiger partial charge in [-0.3, -0.25) is 18.6 Å². The monoisotopic (exact) mass is 436 g/mol. The lowest BCUT2D eigenvalue weighted by atomic mass is 10.1. The summed E-state index contributed by atoms with van der Waals surface area (Å²) in [6.45, 7) is 1.08. The third-order valence-corrected chi connectivity index (χ3v) is 6.10. The molecule has 0 saturated heterocycles. The van der Waals surface area contributed by atoms with Crippen LogP contribution in [0, 0.1) is 0 Å². The molecule has 160 valence electrons. The highest BCUT2D eigenvalue weighted by Crippen LogP contribution is 2.23. The molecule has 4 aromatic rings. The number of benzene rings is 2. The quantitative estimate of drug-likeness (QED) is 0.214. The Morgan fingerprint density at radius 1 is 1.03 bits per heavy atom. The zero-order chi connectivity index (χ0) is 21.6. The van der Waals surface area contributed by atoms with Gasteiger partial charge in [0.15, 0.2) is 10.9 Å². The van der Waals surface area contributed by atoms with Crippen molar-refractivity contribution in [3.05, 3.63) is 70.5 Å². The predicted octanol–water partition coefficient (Wildman–Crippen LogP) is 3.84. The Hall–Kier alpha value is -2.97. The van der Waals surface area contributed by atoms with Gasteiger partial charge in [-0.2, -0.15) is 0 Å². The Labute approximate surface area is 184 Å².